The van der Waals surface area contributed by atoms with Gasteiger partial charge < -0.3 is 14.9 Å². The molecule has 4 aromatic rings. The van der Waals surface area contributed by atoms with E-state index in [4.69, 9.17) is 0 Å². The molecule has 0 radical (unpaired) electrons. The minimum Gasteiger partial charge on any atom is -0.360 e. The summed E-state index contributed by atoms with van der Waals surface area (Å²) in [5.74, 6) is 0.664. The maximum absolute atomic E-state index is 13.2. The number of anilines is 1. The van der Waals surface area contributed by atoms with E-state index in [9.17, 15) is 4.79 Å². The number of aryl methyl sites for hydroxylation is 1. The summed E-state index contributed by atoms with van der Waals surface area (Å²) in [4.78, 5) is 28.9. The van der Waals surface area contributed by atoms with E-state index in [0.29, 0.717) is 11.5 Å². The van der Waals surface area contributed by atoms with Crippen LogP contribution in [0.3, 0.4) is 0 Å². The van der Waals surface area contributed by atoms with Gasteiger partial charge in [-0.1, -0.05) is 18.2 Å². The second-order valence-electron chi connectivity index (χ2n) is 7.07. The first-order valence-electron chi connectivity index (χ1n) is 9.02. The number of aromatic amines is 1. The van der Waals surface area contributed by atoms with Crippen LogP contribution in [-0.4, -0.2) is 24.5 Å². The van der Waals surface area contributed by atoms with Crippen molar-refractivity contribution in [2.45, 2.75) is 39.8 Å². The van der Waals surface area contributed by atoms with Gasteiger partial charge in [0.05, 0.1) is 17.8 Å². The van der Waals surface area contributed by atoms with Crippen LogP contribution in [0.5, 0.6) is 0 Å². The van der Waals surface area contributed by atoms with E-state index in [1.165, 1.54) is 6.33 Å². The molecule has 0 spiro atoms. The molecule has 3 heterocycles. The van der Waals surface area contributed by atoms with Crippen LogP contribution in [0.4, 0.5) is 5.82 Å². The predicted molar refractivity (Wildman–Crippen MR) is 117 cm³/mol. The molecule has 0 saturated heterocycles. The third kappa shape index (κ3) is 3.24. The lowest BCUT2D eigenvalue weighted by Gasteiger charge is -2.23. The lowest BCUT2D eigenvalue weighted by Crippen LogP contribution is -2.28. The summed E-state index contributed by atoms with van der Waals surface area (Å²) in [6.07, 6.45) is 3.08. The second kappa shape index (κ2) is 7.63. The zero-order valence-corrected chi connectivity index (χ0v) is 17.3. The molecule has 0 fully saturated rings. The molecule has 4 rings (SSSR count). The fraction of sp³-hybridized carbons (Fsp3) is 0.300. The molecule has 3 aromatic heterocycles. The molecule has 0 aliphatic heterocycles. The number of nitrogens with one attached hydrogen (secondary N) is 2. The van der Waals surface area contributed by atoms with Gasteiger partial charge in [0, 0.05) is 11.7 Å². The van der Waals surface area contributed by atoms with Gasteiger partial charge in [-0.25, -0.2) is 15.0 Å². The maximum atomic E-state index is 13.2. The van der Waals surface area contributed by atoms with Gasteiger partial charge in [-0.2, -0.15) is 13.5 Å². The number of fused-ring (bicyclic) bond motifs is 2. The normalized spacial score (nSPS) is 12.3. The number of hydrogen-bond donors (Lipinski definition) is 2. The van der Waals surface area contributed by atoms with Gasteiger partial charge in [0.2, 0.25) is 0 Å². The van der Waals surface area contributed by atoms with Gasteiger partial charge in [-0.05, 0) is 44.7 Å². The maximum Gasteiger partial charge on any atom is 0.259 e. The van der Waals surface area contributed by atoms with E-state index in [2.05, 4.69) is 31.3 Å². The predicted octanol–water partition coefficient (Wildman–Crippen LogP) is 3.84. The summed E-state index contributed by atoms with van der Waals surface area (Å²) in [6, 6.07) is 7.95. The number of hydrogen-bond acceptors (Lipinski definition) is 5. The fourth-order valence-corrected chi connectivity index (χ4v) is 3.59. The van der Waals surface area contributed by atoms with Crippen LogP contribution in [0, 0.1) is 6.92 Å². The van der Waals surface area contributed by atoms with E-state index < -0.39 is 0 Å². The highest BCUT2D eigenvalue weighted by Gasteiger charge is 2.19. The van der Waals surface area contributed by atoms with E-state index in [0.717, 1.165) is 27.5 Å². The van der Waals surface area contributed by atoms with E-state index >= 15 is 0 Å². The number of rotatable bonds is 4. The Labute approximate surface area is 169 Å². The average molecular weight is 397 g/mol. The number of nitrogens with zero attached hydrogens (tertiary/aromatic N) is 4. The summed E-state index contributed by atoms with van der Waals surface area (Å²) in [5, 5.41) is 5.14. The van der Waals surface area contributed by atoms with Crippen LogP contribution < -0.4 is 10.9 Å². The van der Waals surface area contributed by atoms with E-state index in [1.807, 2.05) is 50.5 Å². The van der Waals surface area contributed by atoms with Gasteiger partial charge in [-0.3, -0.25) is 4.79 Å². The summed E-state index contributed by atoms with van der Waals surface area (Å²) in [7, 11) is 0. The van der Waals surface area contributed by atoms with Gasteiger partial charge >= 0.3 is 0 Å². The van der Waals surface area contributed by atoms with Gasteiger partial charge in [0.25, 0.3) is 5.56 Å². The molecular weight excluding hydrogens is 372 g/mol. The van der Waals surface area contributed by atoms with Crippen molar-refractivity contribution in [3.8, 4) is 0 Å². The number of aromatic nitrogens is 5. The van der Waals surface area contributed by atoms with Crippen molar-refractivity contribution in [2.75, 3.05) is 5.32 Å². The summed E-state index contributed by atoms with van der Waals surface area (Å²) >= 11 is 0. The summed E-state index contributed by atoms with van der Waals surface area (Å²) < 4.78 is 1.86. The molecule has 0 aliphatic carbocycles. The molecule has 0 amide bonds. The van der Waals surface area contributed by atoms with Gasteiger partial charge in [-0.15, -0.1) is 0 Å². The first-order chi connectivity index (χ1) is 13.0. The van der Waals surface area contributed by atoms with Crippen LogP contribution >= 0.6 is 13.5 Å². The Balaban J connectivity index is 0.00000225. The smallest absolute Gasteiger partial charge is 0.259 e. The highest BCUT2D eigenvalue weighted by Crippen LogP contribution is 2.26. The molecule has 0 aliphatic rings. The molecule has 1 aromatic carbocycles. The number of H-pyrrole nitrogens is 1. The van der Waals surface area contributed by atoms with Crippen molar-refractivity contribution in [1.82, 2.24) is 24.5 Å². The Kier molecular flexibility index (Phi) is 5.42. The molecule has 8 heteroatoms. The number of benzene rings is 1. The second-order valence-corrected chi connectivity index (χ2v) is 7.07. The number of imidazole rings is 1. The Hall–Kier alpha value is -2.87. The Morgan fingerprint density at radius 2 is 1.93 bits per heavy atom. The number of pyridine rings is 1. The third-order valence-corrected chi connectivity index (χ3v) is 4.86. The van der Waals surface area contributed by atoms with Crippen LogP contribution in [0.25, 0.3) is 21.9 Å². The molecule has 0 unspecified atom stereocenters. The first kappa shape index (κ1) is 19.9. The Morgan fingerprint density at radius 1 is 1.14 bits per heavy atom. The van der Waals surface area contributed by atoms with Crippen LogP contribution in [0.1, 0.15) is 44.1 Å². The lowest BCUT2D eigenvalue weighted by molar-refractivity contribution is 0.541. The van der Waals surface area contributed by atoms with Crippen molar-refractivity contribution in [3.05, 3.63) is 58.5 Å². The Bertz CT molecular complexity index is 1200. The van der Waals surface area contributed by atoms with Crippen molar-refractivity contribution >= 4 is 41.2 Å². The largest absolute Gasteiger partial charge is 0.360 e. The fourth-order valence-electron chi connectivity index (χ4n) is 3.59. The van der Waals surface area contributed by atoms with Crippen molar-refractivity contribution in [1.29, 1.82) is 0 Å². The van der Waals surface area contributed by atoms with Crippen LogP contribution in [0.2, 0.25) is 0 Å². The molecule has 2 N–H and O–H groups in total. The van der Waals surface area contributed by atoms with Crippen molar-refractivity contribution in [2.24, 2.45) is 0 Å². The highest BCUT2D eigenvalue weighted by molar-refractivity contribution is 7.59. The van der Waals surface area contributed by atoms with Crippen LogP contribution in [0.15, 0.2) is 41.7 Å². The Morgan fingerprint density at radius 3 is 2.68 bits per heavy atom. The molecule has 0 saturated carbocycles. The third-order valence-electron chi connectivity index (χ3n) is 4.86. The molecule has 7 nitrogen and oxygen atoms in total. The lowest BCUT2D eigenvalue weighted by atomic mass is 10.0. The summed E-state index contributed by atoms with van der Waals surface area (Å²) in [6.45, 7) is 8.06. The molecule has 146 valence electrons. The highest BCUT2D eigenvalue weighted by atomic mass is 32.1. The molecule has 0 bridgehead atoms. The average Bonchev–Trinajstić information content (AvgIpc) is 3.10. The van der Waals surface area contributed by atoms with E-state index in [1.54, 1.807) is 6.33 Å². The van der Waals surface area contributed by atoms with Crippen LogP contribution in [-0.2, 0) is 0 Å². The quantitative estimate of drug-likeness (QED) is 0.547. The topological polar surface area (TPSA) is 88.5 Å². The molecular formula is C20H24N6OS. The van der Waals surface area contributed by atoms with Crippen molar-refractivity contribution < 1.29 is 0 Å². The van der Waals surface area contributed by atoms with Crippen molar-refractivity contribution in [3.63, 3.8) is 0 Å². The van der Waals surface area contributed by atoms with Gasteiger partial charge in [0.15, 0.2) is 11.5 Å². The van der Waals surface area contributed by atoms with E-state index in [-0.39, 0.29) is 31.1 Å². The van der Waals surface area contributed by atoms with Gasteiger partial charge in [0.1, 0.15) is 11.8 Å². The first-order valence-corrected chi connectivity index (χ1v) is 9.02. The molecule has 1 atom stereocenters. The monoisotopic (exact) mass is 396 g/mol. The minimum absolute atomic E-state index is 0. The zero-order chi connectivity index (χ0) is 19.1. The minimum atomic E-state index is -0.133. The zero-order valence-electron chi connectivity index (χ0n) is 16.3. The standard InChI is InChI=1S/C20H22N6O.H2S/c1-11(2)26-15(8-14-7-5-6-12(3)16(14)20(26)27)13(4)25-19-17-18(22-9-21-17)23-10-24-19;/h5-11,13H,1-4H3,(H2,21,22,23,24,25);1H2/t13-;/m0./s1. The molecule has 28 heavy (non-hydrogen) atoms. The SMILES string of the molecule is Cc1cccc2cc([C@H](C)Nc3ncnc4nc[nH]c34)n(C(C)C)c(=O)c12.S. The summed E-state index contributed by atoms with van der Waals surface area (Å²) in [5.41, 5.74) is 3.31.